The van der Waals surface area contributed by atoms with Gasteiger partial charge in [0.15, 0.2) is 8.32 Å². The molecule has 1 nitrogen and oxygen atoms in total. The van der Waals surface area contributed by atoms with Crippen molar-refractivity contribution in [1.82, 2.24) is 0 Å². The summed E-state index contributed by atoms with van der Waals surface area (Å²) in [6, 6.07) is 0. The van der Waals surface area contributed by atoms with E-state index >= 15 is 0 Å². The van der Waals surface area contributed by atoms with Gasteiger partial charge >= 0.3 is 0 Å². The summed E-state index contributed by atoms with van der Waals surface area (Å²) in [6.45, 7) is 11.1. The molecule has 0 heterocycles. The highest BCUT2D eigenvalue weighted by atomic mass is 28.4. The van der Waals surface area contributed by atoms with Crippen molar-refractivity contribution in [2.24, 2.45) is 5.92 Å². The standard InChI is InChI=1S/C14H28OSi/c1-7-10-12-13(11-8-2)14(9-3)15-16(4,5)6/h3,13-14H,7-8,10-12H2,1-2,4-6H3. The van der Waals surface area contributed by atoms with Gasteiger partial charge in [0, 0.05) is 0 Å². The number of rotatable bonds is 8. The minimum Gasteiger partial charge on any atom is -0.404 e. The molecule has 16 heavy (non-hydrogen) atoms. The molecule has 2 unspecified atom stereocenters. The summed E-state index contributed by atoms with van der Waals surface area (Å²) in [5, 5.41) is 0. The van der Waals surface area contributed by atoms with E-state index in [1.807, 2.05) is 0 Å². The Morgan fingerprint density at radius 1 is 1.12 bits per heavy atom. The van der Waals surface area contributed by atoms with E-state index in [4.69, 9.17) is 10.8 Å². The lowest BCUT2D eigenvalue weighted by Gasteiger charge is -2.29. The van der Waals surface area contributed by atoms with Crippen molar-refractivity contribution >= 4 is 8.32 Å². The highest BCUT2D eigenvalue weighted by molar-refractivity contribution is 6.69. The summed E-state index contributed by atoms with van der Waals surface area (Å²) in [6.07, 6.45) is 11.8. The number of unbranched alkanes of at least 4 members (excludes halogenated alkanes) is 1. The normalized spacial score (nSPS) is 15.5. The Hall–Kier alpha value is -0.263. The Morgan fingerprint density at radius 2 is 1.75 bits per heavy atom. The molecule has 0 saturated carbocycles. The third-order valence-electron chi connectivity index (χ3n) is 2.66. The van der Waals surface area contributed by atoms with E-state index in [1.54, 1.807) is 0 Å². The first-order chi connectivity index (χ1) is 7.44. The minimum atomic E-state index is -1.51. The fraction of sp³-hybridized carbons (Fsp3) is 0.857. The van der Waals surface area contributed by atoms with Crippen LogP contribution in [0.4, 0.5) is 0 Å². The van der Waals surface area contributed by atoms with Gasteiger partial charge in [-0.15, -0.1) is 6.42 Å². The predicted molar refractivity (Wildman–Crippen MR) is 75.0 cm³/mol. The van der Waals surface area contributed by atoms with Crippen molar-refractivity contribution in [1.29, 1.82) is 0 Å². The van der Waals surface area contributed by atoms with Crippen LogP contribution in [0.5, 0.6) is 0 Å². The SMILES string of the molecule is C#CC(O[Si](C)(C)C)C(CCC)CCCC. The van der Waals surface area contributed by atoms with Gasteiger partial charge < -0.3 is 4.43 Å². The lowest BCUT2D eigenvalue weighted by molar-refractivity contribution is 0.162. The molecule has 0 aromatic heterocycles. The molecular weight excluding hydrogens is 212 g/mol. The number of hydrogen-bond donors (Lipinski definition) is 0. The maximum absolute atomic E-state index is 6.10. The molecule has 0 radical (unpaired) electrons. The first-order valence-corrected chi connectivity index (χ1v) is 9.99. The van der Waals surface area contributed by atoms with E-state index in [0.717, 1.165) is 0 Å². The third-order valence-corrected chi connectivity index (χ3v) is 3.62. The van der Waals surface area contributed by atoms with Crippen LogP contribution in [0.3, 0.4) is 0 Å². The van der Waals surface area contributed by atoms with Crippen LogP contribution < -0.4 is 0 Å². The van der Waals surface area contributed by atoms with Crippen LogP contribution in [0, 0.1) is 18.3 Å². The second-order valence-corrected chi connectivity index (χ2v) is 9.97. The van der Waals surface area contributed by atoms with Crippen molar-refractivity contribution in [2.45, 2.75) is 71.7 Å². The molecule has 0 rings (SSSR count). The van der Waals surface area contributed by atoms with Crippen LogP contribution in [0.1, 0.15) is 46.0 Å². The predicted octanol–water partition coefficient (Wildman–Crippen LogP) is 4.45. The fourth-order valence-electron chi connectivity index (χ4n) is 1.93. The van der Waals surface area contributed by atoms with E-state index in [9.17, 15) is 0 Å². The zero-order valence-corrected chi connectivity index (χ0v) is 12.7. The molecular formula is C14H28OSi. The Kier molecular flexibility index (Phi) is 7.79. The fourth-order valence-corrected chi connectivity index (χ4v) is 2.95. The molecule has 0 aliphatic heterocycles. The van der Waals surface area contributed by atoms with Gasteiger partial charge in [-0.05, 0) is 38.4 Å². The highest BCUT2D eigenvalue weighted by Gasteiger charge is 2.25. The second-order valence-electron chi connectivity index (χ2n) is 5.51. The van der Waals surface area contributed by atoms with Crippen molar-refractivity contribution in [3.63, 3.8) is 0 Å². The Bertz CT molecular complexity index is 212. The van der Waals surface area contributed by atoms with Crippen molar-refractivity contribution < 1.29 is 4.43 Å². The van der Waals surface area contributed by atoms with E-state index in [-0.39, 0.29) is 6.10 Å². The molecule has 94 valence electrons. The first-order valence-electron chi connectivity index (χ1n) is 6.58. The highest BCUT2D eigenvalue weighted by Crippen LogP contribution is 2.23. The minimum absolute atomic E-state index is 0.0400. The molecule has 0 N–H and O–H groups in total. The summed E-state index contributed by atoms with van der Waals surface area (Å²) >= 11 is 0. The van der Waals surface area contributed by atoms with Crippen molar-refractivity contribution in [2.75, 3.05) is 0 Å². The topological polar surface area (TPSA) is 9.23 Å². The van der Waals surface area contributed by atoms with E-state index in [1.165, 1.54) is 32.1 Å². The Balaban J connectivity index is 4.40. The van der Waals surface area contributed by atoms with Crippen molar-refractivity contribution in [3.05, 3.63) is 0 Å². The third kappa shape index (κ3) is 7.08. The van der Waals surface area contributed by atoms with Gasteiger partial charge in [0.25, 0.3) is 0 Å². The molecule has 0 bridgehead atoms. The molecule has 0 aromatic rings. The largest absolute Gasteiger partial charge is 0.404 e. The van der Waals surface area contributed by atoms with Crippen LogP contribution in [-0.4, -0.2) is 14.4 Å². The molecule has 0 amide bonds. The summed E-state index contributed by atoms with van der Waals surface area (Å²) in [5.74, 6) is 3.42. The van der Waals surface area contributed by atoms with Gasteiger partial charge in [0.1, 0.15) is 6.10 Å². The monoisotopic (exact) mass is 240 g/mol. The van der Waals surface area contributed by atoms with Gasteiger partial charge in [-0.25, -0.2) is 0 Å². The summed E-state index contributed by atoms with van der Waals surface area (Å²) in [7, 11) is -1.51. The van der Waals surface area contributed by atoms with Crippen LogP contribution in [0.25, 0.3) is 0 Å². The molecule has 2 atom stereocenters. The molecule has 0 aromatic carbocycles. The van der Waals surface area contributed by atoms with Gasteiger partial charge in [0.05, 0.1) is 0 Å². The lowest BCUT2D eigenvalue weighted by atomic mass is 9.92. The molecule has 0 saturated heterocycles. The van der Waals surface area contributed by atoms with Gasteiger partial charge in [-0.2, -0.15) is 0 Å². The van der Waals surface area contributed by atoms with Crippen LogP contribution in [0.15, 0.2) is 0 Å². The van der Waals surface area contributed by atoms with Gasteiger partial charge in [0.2, 0.25) is 0 Å². The van der Waals surface area contributed by atoms with Crippen LogP contribution >= 0.6 is 0 Å². The molecule has 2 heteroatoms. The molecule has 0 aliphatic rings. The maximum atomic E-state index is 6.10. The zero-order valence-electron chi connectivity index (χ0n) is 11.7. The van der Waals surface area contributed by atoms with Crippen molar-refractivity contribution in [3.8, 4) is 12.3 Å². The summed E-state index contributed by atoms with van der Waals surface area (Å²) < 4.78 is 6.10. The van der Waals surface area contributed by atoms with E-state index in [2.05, 4.69) is 39.4 Å². The molecule has 0 fully saturated rings. The average molecular weight is 240 g/mol. The summed E-state index contributed by atoms with van der Waals surface area (Å²) in [5.41, 5.74) is 0. The smallest absolute Gasteiger partial charge is 0.185 e. The molecule has 0 spiro atoms. The van der Waals surface area contributed by atoms with E-state index < -0.39 is 8.32 Å². The second kappa shape index (κ2) is 7.92. The van der Waals surface area contributed by atoms with Crippen LogP contribution in [0.2, 0.25) is 19.6 Å². The average Bonchev–Trinajstić information content (AvgIpc) is 2.19. The number of hydrogen-bond acceptors (Lipinski definition) is 1. The maximum Gasteiger partial charge on any atom is 0.185 e. The Labute approximate surface area is 103 Å². The van der Waals surface area contributed by atoms with Crippen LogP contribution in [-0.2, 0) is 4.43 Å². The number of terminal acetylenes is 1. The quantitative estimate of drug-likeness (QED) is 0.450. The van der Waals surface area contributed by atoms with E-state index in [0.29, 0.717) is 5.92 Å². The molecule has 0 aliphatic carbocycles. The van der Waals surface area contributed by atoms with Gasteiger partial charge in [-0.3, -0.25) is 0 Å². The lowest BCUT2D eigenvalue weighted by Crippen LogP contribution is -2.35. The Morgan fingerprint density at radius 3 is 2.12 bits per heavy atom. The van der Waals surface area contributed by atoms with Gasteiger partial charge in [-0.1, -0.05) is 39.0 Å². The first kappa shape index (κ1) is 15.7. The zero-order chi connectivity index (χ0) is 12.6. The summed E-state index contributed by atoms with van der Waals surface area (Å²) in [4.78, 5) is 0.